The Labute approximate surface area is 250 Å². The Morgan fingerprint density at radius 1 is 0.810 bits per heavy atom. The molecule has 1 amide bonds. The maximum atomic E-state index is 13.9. The highest BCUT2D eigenvalue weighted by Crippen LogP contribution is 2.34. The predicted molar refractivity (Wildman–Crippen MR) is 166 cm³/mol. The predicted octanol–water partition coefficient (Wildman–Crippen LogP) is 6.41. The van der Waals surface area contributed by atoms with Gasteiger partial charge in [0.15, 0.2) is 0 Å². The molecule has 1 aromatic heterocycles. The number of hydrogen-bond acceptors (Lipinski definition) is 4. The van der Waals surface area contributed by atoms with Crippen molar-refractivity contribution in [3.63, 3.8) is 0 Å². The second kappa shape index (κ2) is 11.3. The summed E-state index contributed by atoms with van der Waals surface area (Å²) in [7, 11) is -2.07. The van der Waals surface area contributed by atoms with Crippen LogP contribution in [0.2, 0.25) is 5.02 Å². The molecule has 2 heterocycles. The average molecular weight is 600 g/mol. The van der Waals surface area contributed by atoms with E-state index in [2.05, 4.69) is 0 Å². The van der Waals surface area contributed by atoms with Crippen molar-refractivity contribution in [1.82, 2.24) is 13.8 Å². The van der Waals surface area contributed by atoms with Crippen LogP contribution in [0, 0.1) is 6.92 Å². The highest BCUT2D eigenvalue weighted by Gasteiger charge is 2.32. The molecule has 0 N–H and O–H groups in total. The van der Waals surface area contributed by atoms with Gasteiger partial charge >= 0.3 is 0 Å². The van der Waals surface area contributed by atoms with Crippen LogP contribution in [0.5, 0.6) is 5.75 Å². The van der Waals surface area contributed by atoms with Crippen molar-refractivity contribution in [2.75, 3.05) is 33.3 Å². The first kappa shape index (κ1) is 28.0. The number of methoxy groups -OCH3 is 1. The molecule has 0 radical (unpaired) electrons. The zero-order chi connectivity index (χ0) is 29.4. The van der Waals surface area contributed by atoms with Gasteiger partial charge in [-0.2, -0.15) is 4.31 Å². The summed E-state index contributed by atoms with van der Waals surface area (Å²) in [6, 6.07) is 30.0. The quantitative estimate of drug-likeness (QED) is 0.226. The molecule has 0 spiro atoms. The summed E-state index contributed by atoms with van der Waals surface area (Å²) < 4.78 is 35.7. The van der Waals surface area contributed by atoms with E-state index in [4.69, 9.17) is 16.3 Å². The molecule has 42 heavy (non-hydrogen) atoms. The molecule has 7 nitrogen and oxygen atoms in total. The summed E-state index contributed by atoms with van der Waals surface area (Å²) in [5.41, 5.74) is 3.80. The largest absolute Gasteiger partial charge is 0.497 e. The van der Waals surface area contributed by atoms with E-state index >= 15 is 0 Å². The summed E-state index contributed by atoms with van der Waals surface area (Å²) in [6.07, 6.45) is 0. The molecular formula is C33H30ClN3O4S. The van der Waals surface area contributed by atoms with E-state index in [1.807, 2.05) is 96.4 Å². The van der Waals surface area contributed by atoms with E-state index in [1.54, 1.807) is 24.1 Å². The number of amides is 1. The molecule has 1 aliphatic rings. The Hall–Kier alpha value is -4.11. The zero-order valence-electron chi connectivity index (χ0n) is 23.3. The number of carbonyl (C=O) groups excluding carboxylic acids is 1. The number of aromatic nitrogens is 1. The lowest BCUT2D eigenvalue weighted by molar-refractivity contribution is 0.0697. The van der Waals surface area contributed by atoms with Crippen LogP contribution in [-0.4, -0.2) is 61.4 Å². The Kier molecular flexibility index (Phi) is 7.53. The lowest BCUT2D eigenvalue weighted by Crippen LogP contribution is -2.50. The van der Waals surface area contributed by atoms with Gasteiger partial charge in [-0.3, -0.25) is 4.79 Å². The maximum Gasteiger partial charge on any atom is 0.255 e. The van der Waals surface area contributed by atoms with Crippen molar-refractivity contribution in [1.29, 1.82) is 0 Å². The van der Waals surface area contributed by atoms with Crippen LogP contribution in [-0.2, 0) is 10.0 Å². The molecule has 5 aromatic rings. The van der Waals surface area contributed by atoms with Crippen LogP contribution in [0.15, 0.2) is 102 Å². The van der Waals surface area contributed by atoms with Gasteiger partial charge in [0.05, 0.1) is 34.0 Å². The van der Waals surface area contributed by atoms with Gasteiger partial charge in [0, 0.05) is 31.9 Å². The minimum absolute atomic E-state index is 0.143. The summed E-state index contributed by atoms with van der Waals surface area (Å²) in [4.78, 5) is 15.9. The van der Waals surface area contributed by atoms with Crippen molar-refractivity contribution >= 4 is 38.3 Å². The van der Waals surface area contributed by atoms with E-state index in [9.17, 15) is 13.2 Å². The third-order valence-corrected chi connectivity index (χ3v) is 10.1. The number of piperazine rings is 1. The van der Waals surface area contributed by atoms with Gasteiger partial charge in [-0.1, -0.05) is 54.1 Å². The van der Waals surface area contributed by atoms with Crippen LogP contribution in [0.25, 0.3) is 27.7 Å². The van der Waals surface area contributed by atoms with Gasteiger partial charge in [0.2, 0.25) is 10.0 Å². The topological polar surface area (TPSA) is 71.8 Å². The Balaban J connectivity index is 1.28. The van der Waals surface area contributed by atoms with Crippen molar-refractivity contribution in [2.45, 2.75) is 11.8 Å². The van der Waals surface area contributed by atoms with Crippen LogP contribution in [0.1, 0.15) is 16.1 Å². The fraction of sp³-hybridized carbons (Fsp3) is 0.182. The minimum atomic E-state index is -3.69. The van der Waals surface area contributed by atoms with Gasteiger partial charge < -0.3 is 14.2 Å². The molecule has 1 saturated heterocycles. The molecule has 1 fully saturated rings. The standard InChI is InChI=1S/C33H30ClN3O4S/c1-23-29(22-32(25-11-14-27(41-2)15-12-25)37(23)31-10-6-5-9-30(31)34)33(38)35-17-19-36(20-18-35)42(39,40)28-16-13-24-7-3-4-8-26(24)21-28/h3-16,21-22H,17-20H2,1-2H3. The lowest BCUT2D eigenvalue weighted by Gasteiger charge is -2.34. The Morgan fingerprint density at radius 2 is 1.48 bits per heavy atom. The number of rotatable bonds is 6. The highest BCUT2D eigenvalue weighted by atomic mass is 35.5. The first-order chi connectivity index (χ1) is 20.3. The highest BCUT2D eigenvalue weighted by molar-refractivity contribution is 7.89. The second-order valence-corrected chi connectivity index (χ2v) is 12.6. The maximum absolute atomic E-state index is 13.9. The number of benzene rings is 4. The van der Waals surface area contributed by atoms with E-state index in [0.29, 0.717) is 23.7 Å². The van der Waals surface area contributed by atoms with E-state index in [-0.39, 0.29) is 23.9 Å². The molecule has 0 aliphatic carbocycles. The Bertz CT molecular complexity index is 1890. The van der Waals surface area contributed by atoms with Crippen LogP contribution < -0.4 is 4.74 Å². The number of carbonyl (C=O) groups is 1. The smallest absolute Gasteiger partial charge is 0.255 e. The molecule has 6 rings (SSSR count). The number of halogens is 1. The fourth-order valence-electron chi connectivity index (χ4n) is 5.52. The molecule has 0 atom stereocenters. The van der Waals surface area contributed by atoms with Crippen molar-refractivity contribution in [2.24, 2.45) is 0 Å². The van der Waals surface area contributed by atoms with Gasteiger partial charge in [0.25, 0.3) is 5.91 Å². The molecule has 214 valence electrons. The Morgan fingerprint density at radius 3 is 2.17 bits per heavy atom. The third-order valence-electron chi connectivity index (χ3n) is 7.84. The van der Waals surface area contributed by atoms with Crippen molar-refractivity contribution in [3.05, 3.63) is 113 Å². The number of para-hydroxylation sites is 1. The minimum Gasteiger partial charge on any atom is -0.497 e. The number of sulfonamides is 1. The first-order valence-electron chi connectivity index (χ1n) is 13.7. The van der Waals surface area contributed by atoms with Crippen LogP contribution in [0.3, 0.4) is 0 Å². The summed E-state index contributed by atoms with van der Waals surface area (Å²) in [5.74, 6) is 0.593. The SMILES string of the molecule is COc1ccc(-c2cc(C(=O)N3CCN(S(=O)(=O)c4ccc5ccccc5c4)CC3)c(C)n2-c2ccccc2Cl)cc1. The average Bonchev–Trinajstić information content (AvgIpc) is 3.37. The molecule has 1 aliphatic heterocycles. The molecule has 4 aromatic carbocycles. The van der Waals surface area contributed by atoms with Crippen molar-refractivity contribution in [3.8, 4) is 22.7 Å². The summed E-state index contributed by atoms with van der Waals surface area (Å²) >= 11 is 6.62. The third kappa shape index (κ3) is 5.06. The fourth-order valence-corrected chi connectivity index (χ4v) is 7.20. The molecule has 9 heteroatoms. The van der Waals surface area contributed by atoms with Gasteiger partial charge in [0.1, 0.15) is 5.75 Å². The van der Waals surface area contributed by atoms with Crippen molar-refractivity contribution < 1.29 is 17.9 Å². The zero-order valence-corrected chi connectivity index (χ0v) is 24.9. The van der Waals surface area contributed by atoms with Crippen LogP contribution >= 0.6 is 11.6 Å². The van der Waals surface area contributed by atoms with E-state index < -0.39 is 10.0 Å². The van der Waals surface area contributed by atoms with Gasteiger partial charge in [-0.15, -0.1) is 0 Å². The lowest BCUT2D eigenvalue weighted by atomic mass is 10.1. The van der Waals surface area contributed by atoms with E-state index in [0.717, 1.165) is 39.2 Å². The summed E-state index contributed by atoms with van der Waals surface area (Å²) in [6.45, 7) is 2.93. The second-order valence-electron chi connectivity index (χ2n) is 10.2. The normalized spacial score (nSPS) is 14.3. The van der Waals surface area contributed by atoms with E-state index in [1.165, 1.54) is 4.31 Å². The monoisotopic (exact) mass is 599 g/mol. The number of ether oxygens (including phenoxy) is 1. The van der Waals surface area contributed by atoms with Gasteiger partial charge in [-0.25, -0.2) is 8.42 Å². The molecule has 0 unspecified atom stereocenters. The number of hydrogen-bond donors (Lipinski definition) is 0. The number of nitrogens with zero attached hydrogens (tertiary/aromatic N) is 3. The molecular weight excluding hydrogens is 570 g/mol. The molecule has 0 saturated carbocycles. The van der Waals surface area contributed by atoms with Gasteiger partial charge in [-0.05, 0) is 77.9 Å². The van der Waals surface area contributed by atoms with Crippen LogP contribution in [0.4, 0.5) is 0 Å². The molecule has 0 bridgehead atoms. The summed E-state index contributed by atoms with van der Waals surface area (Å²) in [5, 5.41) is 2.43. The first-order valence-corrected chi connectivity index (χ1v) is 15.5. The number of fused-ring (bicyclic) bond motifs is 1.